The number of aromatic nitrogens is 4. The van der Waals surface area contributed by atoms with Crippen molar-refractivity contribution < 1.29 is 9.90 Å². The number of H-pyrrole nitrogens is 1. The van der Waals surface area contributed by atoms with E-state index in [1.54, 1.807) is 18.2 Å². The summed E-state index contributed by atoms with van der Waals surface area (Å²) < 4.78 is 0. The van der Waals surface area contributed by atoms with Crippen LogP contribution in [-0.2, 0) is 0 Å². The number of carboxylic acids is 1. The van der Waals surface area contributed by atoms with Crippen LogP contribution in [0.4, 0.5) is 11.5 Å². The average Bonchev–Trinajstić information content (AvgIpc) is 3.36. The lowest BCUT2D eigenvalue weighted by atomic mass is 10.0. The number of hydrogen-bond donors (Lipinski definition) is 2. The summed E-state index contributed by atoms with van der Waals surface area (Å²) in [5.74, 6) is 0.0349. The van der Waals surface area contributed by atoms with E-state index < -0.39 is 5.97 Å². The van der Waals surface area contributed by atoms with Gasteiger partial charge >= 0.3 is 5.97 Å². The van der Waals surface area contributed by atoms with Gasteiger partial charge in [-0.05, 0) is 55.5 Å². The molecule has 35 heavy (non-hydrogen) atoms. The molecule has 0 spiro atoms. The number of carboxylic acid groups (broad SMARTS) is 1. The van der Waals surface area contributed by atoms with E-state index in [0.29, 0.717) is 0 Å². The number of aromatic amines is 1. The van der Waals surface area contributed by atoms with E-state index in [-0.39, 0.29) is 11.6 Å². The number of carbonyl (C=O) groups is 1. The highest BCUT2D eigenvalue weighted by molar-refractivity contribution is 5.97. The number of aromatic carboxylic acids is 1. The van der Waals surface area contributed by atoms with Gasteiger partial charge in [-0.2, -0.15) is 5.10 Å². The maximum absolute atomic E-state index is 11.6. The monoisotopic (exact) mass is 464 g/mol. The molecule has 4 heterocycles. The van der Waals surface area contributed by atoms with Gasteiger partial charge in [0.05, 0.1) is 34.2 Å². The van der Waals surface area contributed by atoms with Gasteiger partial charge < -0.3 is 14.9 Å². The van der Waals surface area contributed by atoms with Gasteiger partial charge in [-0.15, -0.1) is 0 Å². The Hall–Kier alpha value is -4.46. The van der Waals surface area contributed by atoms with Gasteiger partial charge in [0.25, 0.3) is 0 Å². The summed E-state index contributed by atoms with van der Waals surface area (Å²) in [5.41, 5.74) is 4.86. The molecule has 0 saturated carbocycles. The number of nitrogens with zero attached hydrogens (tertiary/aromatic N) is 5. The van der Waals surface area contributed by atoms with Crippen molar-refractivity contribution in [2.45, 2.75) is 13.0 Å². The maximum atomic E-state index is 11.6. The van der Waals surface area contributed by atoms with E-state index in [1.807, 2.05) is 36.7 Å². The van der Waals surface area contributed by atoms with Crippen LogP contribution in [0.5, 0.6) is 0 Å². The Bertz CT molecular complexity index is 1550. The lowest BCUT2D eigenvalue weighted by molar-refractivity contribution is 0.0697. The summed E-state index contributed by atoms with van der Waals surface area (Å²) in [7, 11) is 0. The molecular formula is C27H24N6O2. The topological polar surface area (TPSA) is 98.2 Å². The first-order chi connectivity index (χ1) is 17.1. The summed E-state index contributed by atoms with van der Waals surface area (Å²) in [6.45, 7) is 4.65. The van der Waals surface area contributed by atoms with E-state index in [1.165, 1.54) is 0 Å². The first-order valence-corrected chi connectivity index (χ1v) is 11.6. The molecular weight excluding hydrogens is 440 g/mol. The molecule has 0 amide bonds. The van der Waals surface area contributed by atoms with Gasteiger partial charge in [0, 0.05) is 48.2 Å². The van der Waals surface area contributed by atoms with Crippen LogP contribution in [0, 0.1) is 0 Å². The fourth-order valence-electron chi connectivity index (χ4n) is 4.88. The number of hydrogen-bond acceptors (Lipinski definition) is 6. The molecule has 174 valence electrons. The van der Waals surface area contributed by atoms with Crippen molar-refractivity contribution in [3.05, 3.63) is 78.6 Å². The number of piperazine rings is 1. The van der Waals surface area contributed by atoms with Crippen molar-refractivity contribution in [1.29, 1.82) is 0 Å². The predicted molar refractivity (Wildman–Crippen MR) is 137 cm³/mol. The minimum absolute atomic E-state index is 0.198. The molecule has 6 rings (SSSR count). The van der Waals surface area contributed by atoms with Crippen LogP contribution < -0.4 is 9.80 Å². The molecule has 0 aliphatic carbocycles. The molecule has 2 aromatic carbocycles. The minimum Gasteiger partial charge on any atom is -0.478 e. The zero-order valence-corrected chi connectivity index (χ0v) is 19.2. The van der Waals surface area contributed by atoms with Crippen molar-refractivity contribution in [3.63, 3.8) is 0 Å². The number of nitrogens with one attached hydrogen (secondary N) is 1. The number of fused-ring (bicyclic) bond motifs is 2. The number of benzene rings is 2. The summed E-state index contributed by atoms with van der Waals surface area (Å²) in [6, 6.07) is 19.5. The predicted octanol–water partition coefficient (Wildman–Crippen LogP) is 4.59. The van der Waals surface area contributed by atoms with Crippen LogP contribution >= 0.6 is 0 Å². The SMILES string of the molecule is C[C@H]1CN(c2ccccn2)CCN1c1cc2cc(C(=O)O)ccc2nc1-c1ccc2[nH]ncc2c1. The fourth-order valence-corrected chi connectivity index (χ4v) is 4.88. The Kier molecular flexibility index (Phi) is 5.06. The summed E-state index contributed by atoms with van der Waals surface area (Å²) in [5, 5.41) is 18.5. The first-order valence-electron chi connectivity index (χ1n) is 11.6. The summed E-state index contributed by atoms with van der Waals surface area (Å²) in [4.78, 5) is 25.8. The van der Waals surface area contributed by atoms with Gasteiger partial charge in [0.1, 0.15) is 5.82 Å². The Morgan fingerprint density at radius 1 is 1.06 bits per heavy atom. The zero-order chi connectivity index (χ0) is 23.9. The molecule has 8 heteroatoms. The lowest BCUT2D eigenvalue weighted by Crippen LogP contribution is -2.52. The third-order valence-corrected chi connectivity index (χ3v) is 6.67. The molecule has 5 aromatic rings. The normalized spacial score (nSPS) is 16.2. The Labute approximate surface area is 201 Å². The van der Waals surface area contributed by atoms with Crippen LogP contribution in [0.15, 0.2) is 73.1 Å². The minimum atomic E-state index is -0.944. The van der Waals surface area contributed by atoms with Gasteiger partial charge in [0.15, 0.2) is 0 Å². The highest BCUT2D eigenvalue weighted by Crippen LogP contribution is 2.36. The standard InChI is InChI=1S/C27H24N6O2/c1-17-16-32(25-4-2-3-9-28-25)10-11-33(17)24-14-20-13-19(27(34)35)6-7-22(20)30-26(24)18-5-8-23-21(12-18)15-29-31-23/h2-9,12-15,17H,10-11,16H2,1H3,(H,29,31)(H,34,35)/t17-/m0/s1. The maximum Gasteiger partial charge on any atom is 0.335 e. The average molecular weight is 465 g/mol. The first kappa shape index (κ1) is 21.1. The molecule has 3 aromatic heterocycles. The van der Waals surface area contributed by atoms with Crippen molar-refractivity contribution in [2.75, 3.05) is 29.4 Å². The van der Waals surface area contributed by atoms with Gasteiger partial charge in [-0.1, -0.05) is 12.1 Å². The smallest absolute Gasteiger partial charge is 0.335 e. The van der Waals surface area contributed by atoms with Crippen LogP contribution in [0.25, 0.3) is 33.1 Å². The van der Waals surface area contributed by atoms with Crippen LogP contribution in [0.1, 0.15) is 17.3 Å². The zero-order valence-electron chi connectivity index (χ0n) is 19.2. The third kappa shape index (κ3) is 3.82. The molecule has 1 aliphatic heterocycles. The highest BCUT2D eigenvalue weighted by Gasteiger charge is 2.27. The van der Waals surface area contributed by atoms with E-state index in [2.05, 4.69) is 50.1 Å². The van der Waals surface area contributed by atoms with Gasteiger partial charge in [0.2, 0.25) is 0 Å². The second-order valence-electron chi connectivity index (χ2n) is 8.92. The lowest BCUT2D eigenvalue weighted by Gasteiger charge is -2.42. The number of rotatable bonds is 4. The van der Waals surface area contributed by atoms with Crippen molar-refractivity contribution in [2.24, 2.45) is 0 Å². The molecule has 2 N–H and O–H groups in total. The molecule has 0 unspecified atom stereocenters. The van der Waals surface area contributed by atoms with E-state index in [4.69, 9.17) is 4.98 Å². The molecule has 8 nitrogen and oxygen atoms in total. The van der Waals surface area contributed by atoms with E-state index >= 15 is 0 Å². The molecule has 1 saturated heterocycles. The Morgan fingerprint density at radius 3 is 2.77 bits per heavy atom. The molecule has 1 aliphatic rings. The van der Waals surface area contributed by atoms with Gasteiger partial charge in [-0.3, -0.25) is 5.10 Å². The van der Waals surface area contributed by atoms with Crippen LogP contribution in [-0.4, -0.2) is 56.9 Å². The molecule has 1 fully saturated rings. The summed E-state index contributed by atoms with van der Waals surface area (Å²) in [6.07, 6.45) is 3.64. The Morgan fingerprint density at radius 2 is 1.97 bits per heavy atom. The molecule has 0 bridgehead atoms. The molecule has 0 radical (unpaired) electrons. The third-order valence-electron chi connectivity index (χ3n) is 6.67. The van der Waals surface area contributed by atoms with Crippen LogP contribution in [0.3, 0.4) is 0 Å². The largest absolute Gasteiger partial charge is 0.478 e. The number of anilines is 2. The van der Waals surface area contributed by atoms with E-state index in [0.717, 1.165) is 64.2 Å². The van der Waals surface area contributed by atoms with Crippen molar-refractivity contribution in [3.8, 4) is 11.3 Å². The Balaban J connectivity index is 1.46. The quantitative estimate of drug-likeness (QED) is 0.401. The van der Waals surface area contributed by atoms with Crippen molar-refractivity contribution >= 4 is 39.3 Å². The number of pyridine rings is 2. The summed E-state index contributed by atoms with van der Waals surface area (Å²) >= 11 is 0. The van der Waals surface area contributed by atoms with Crippen LogP contribution in [0.2, 0.25) is 0 Å². The highest BCUT2D eigenvalue weighted by atomic mass is 16.4. The molecule has 1 atom stereocenters. The second kappa shape index (κ2) is 8.39. The van der Waals surface area contributed by atoms with Crippen molar-refractivity contribution in [1.82, 2.24) is 20.2 Å². The fraction of sp³-hybridized carbons (Fsp3) is 0.185. The van der Waals surface area contributed by atoms with Gasteiger partial charge in [-0.25, -0.2) is 14.8 Å². The van der Waals surface area contributed by atoms with E-state index in [9.17, 15) is 9.90 Å². The second-order valence-corrected chi connectivity index (χ2v) is 8.92.